The van der Waals surface area contributed by atoms with E-state index in [1.54, 1.807) is 0 Å². The molecule has 0 radical (unpaired) electrons. The Hall–Kier alpha value is -0.750. The van der Waals surface area contributed by atoms with E-state index in [-0.39, 0.29) is 5.41 Å². The fraction of sp³-hybridized carbons (Fsp3) is 0.833. The first-order valence-corrected chi connectivity index (χ1v) is 6.04. The molecule has 0 aliphatic carbocycles. The average molecular weight is 258 g/mol. The Bertz CT molecular complexity index is 407. The van der Waals surface area contributed by atoms with Gasteiger partial charge in [-0.05, 0) is 20.8 Å². The lowest BCUT2D eigenvalue weighted by Gasteiger charge is -2.36. The van der Waals surface area contributed by atoms with Crippen molar-refractivity contribution in [3.63, 3.8) is 0 Å². The molecule has 2 aliphatic heterocycles. The minimum atomic E-state index is -1.26. The summed E-state index contributed by atoms with van der Waals surface area (Å²) in [6.45, 7) is 5.49. The summed E-state index contributed by atoms with van der Waals surface area (Å²) >= 11 is 0. The highest BCUT2D eigenvalue weighted by Crippen LogP contribution is 2.31. The summed E-state index contributed by atoms with van der Waals surface area (Å²) in [5.41, 5.74) is 1.26. The van der Waals surface area contributed by atoms with E-state index in [2.05, 4.69) is 4.67 Å². The highest BCUT2D eigenvalue weighted by Gasteiger charge is 2.61. The third-order valence-corrected chi connectivity index (χ3v) is 3.35. The highest BCUT2D eigenvalue weighted by molar-refractivity contribution is 6.53. The maximum Gasteiger partial charge on any atom is 0.399 e. The van der Waals surface area contributed by atoms with Crippen LogP contribution >= 0.6 is 0 Å². The lowest BCUT2D eigenvalue weighted by molar-refractivity contribution is -0.255. The predicted molar refractivity (Wildman–Crippen MR) is 65.1 cm³/mol. The molecule has 1 saturated heterocycles. The standard InChI is InChI=1S/C12H20NO5/c1-12(2,3)10-7(13-10)6-9(16)8(15)5(4-14)18-11(6)17/h5-6,8-9,11,14-17H,4H2,1-3H3/q+1. The molecule has 102 valence electrons. The van der Waals surface area contributed by atoms with Crippen LogP contribution in [0.4, 0.5) is 0 Å². The first-order chi connectivity index (χ1) is 8.27. The van der Waals surface area contributed by atoms with Gasteiger partial charge in [-0.3, -0.25) is 0 Å². The Kier molecular flexibility index (Phi) is 3.36. The van der Waals surface area contributed by atoms with Gasteiger partial charge < -0.3 is 25.2 Å². The molecule has 6 heteroatoms. The van der Waals surface area contributed by atoms with Gasteiger partial charge in [0.15, 0.2) is 6.29 Å². The normalized spacial score (nSPS) is 40.3. The van der Waals surface area contributed by atoms with Crippen LogP contribution in [0, 0.1) is 11.3 Å². The van der Waals surface area contributed by atoms with E-state index in [4.69, 9.17) is 9.84 Å². The summed E-state index contributed by atoms with van der Waals surface area (Å²) in [6.07, 6.45) is -4.65. The van der Waals surface area contributed by atoms with E-state index in [0.717, 1.165) is 5.71 Å². The molecule has 2 heterocycles. The van der Waals surface area contributed by atoms with Gasteiger partial charge >= 0.3 is 11.4 Å². The Morgan fingerprint density at radius 2 is 1.78 bits per heavy atom. The molecule has 0 saturated carbocycles. The van der Waals surface area contributed by atoms with Crippen molar-refractivity contribution in [2.75, 3.05) is 6.61 Å². The van der Waals surface area contributed by atoms with E-state index in [1.807, 2.05) is 20.8 Å². The number of aliphatic hydroxyl groups is 4. The predicted octanol–water partition coefficient (Wildman–Crippen LogP) is -1.96. The zero-order valence-electron chi connectivity index (χ0n) is 10.7. The van der Waals surface area contributed by atoms with Gasteiger partial charge in [-0.1, -0.05) is 4.67 Å². The average Bonchev–Trinajstić information content (AvgIpc) is 3.03. The van der Waals surface area contributed by atoms with Crippen LogP contribution in [0.5, 0.6) is 0 Å². The van der Waals surface area contributed by atoms with Crippen LogP contribution in [0.1, 0.15) is 20.8 Å². The van der Waals surface area contributed by atoms with Crippen LogP contribution in [-0.4, -0.2) is 63.1 Å². The van der Waals surface area contributed by atoms with Gasteiger partial charge in [-0.25, -0.2) is 0 Å². The van der Waals surface area contributed by atoms with Crippen molar-refractivity contribution in [3.05, 3.63) is 0 Å². The number of hydrogen-bond donors (Lipinski definition) is 4. The van der Waals surface area contributed by atoms with Crippen molar-refractivity contribution in [2.24, 2.45) is 11.3 Å². The van der Waals surface area contributed by atoms with Crippen LogP contribution < -0.4 is 4.67 Å². The molecule has 0 bridgehead atoms. The van der Waals surface area contributed by atoms with E-state index in [9.17, 15) is 15.3 Å². The van der Waals surface area contributed by atoms with Crippen molar-refractivity contribution in [3.8, 4) is 0 Å². The minimum Gasteiger partial charge on any atom is -0.394 e. The van der Waals surface area contributed by atoms with Gasteiger partial charge in [-0.15, -0.1) is 0 Å². The van der Waals surface area contributed by atoms with Gasteiger partial charge in [0.2, 0.25) is 0 Å². The molecule has 0 amide bonds. The zero-order chi connectivity index (χ0) is 13.7. The van der Waals surface area contributed by atoms with Crippen molar-refractivity contribution in [1.82, 2.24) is 4.67 Å². The molecule has 1 fully saturated rings. The van der Waals surface area contributed by atoms with Gasteiger partial charge in [0.25, 0.3) is 0 Å². The summed E-state index contributed by atoms with van der Waals surface area (Å²) in [5.74, 6) is -0.753. The van der Waals surface area contributed by atoms with E-state index < -0.39 is 37.1 Å². The second-order valence-electron chi connectivity index (χ2n) is 5.85. The number of rotatable bonds is 2. The fourth-order valence-electron chi connectivity index (χ4n) is 2.27. The van der Waals surface area contributed by atoms with Crippen LogP contribution in [0.15, 0.2) is 0 Å². The van der Waals surface area contributed by atoms with Crippen molar-refractivity contribution >= 4 is 11.4 Å². The molecule has 0 aromatic heterocycles. The Morgan fingerprint density at radius 3 is 2.22 bits per heavy atom. The molecule has 5 unspecified atom stereocenters. The second kappa shape index (κ2) is 4.42. The Morgan fingerprint density at radius 1 is 1.17 bits per heavy atom. The lowest BCUT2D eigenvalue weighted by atomic mass is 9.81. The van der Waals surface area contributed by atoms with Crippen molar-refractivity contribution in [1.29, 1.82) is 0 Å². The quantitative estimate of drug-likeness (QED) is 0.431. The third-order valence-electron chi connectivity index (χ3n) is 3.35. The zero-order valence-corrected chi connectivity index (χ0v) is 10.7. The first kappa shape index (κ1) is 13.7. The summed E-state index contributed by atoms with van der Waals surface area (Å²) in [4.78, 5) is 0. The number of aliphatic hydroxyl groups excluding tert-OH is 4. The molecule has 4 N–H and O–H groups in total. The van der Waals surface area contributed by atoms with Gasteiger partial charge in [0.1, 0.15) is 24.2 Å². The smallest absolute Gasteiger partial charge is 0.394 e. The molecule has 2 aliphatic rings. The Balaban J connectivity index is 2.10. The van der Waals surface area contributed by atoms with Gasteiger partial charge in [0, 0.05) is 0 Å². The van der Waals surface area contributed by atoms with E-state index in [0.29, 0.717) is 5.71 Å². The summed E-state index contributed by atoms with van der Waals surface area (Å²) in [7, 11) is 0. The van der Waals surface area contributed by atoms with E-state index in [1.165, 1.54) is 0 Å². The number of hydrogen-bond acceptors (Lipinski definition) is 5. The maximum absolute atomic E-state index is 10.0. The van der Waals surface area contributed by atoms with Crippen molar-refractivity contribution < 1.29 is 25.2 Å². The van der Waals surface area contributed by atoms with Crippen molar-refractivity contribution in [2.45, 2.75) is 45.4 Å². The molecule has 5 atom stereocenters. The minimum absolute atomic E-state index is 0.159. The third kappa shape index (κ3) is 2.23. The molecule has 0 spiro atoms. The first-order valence-electron chi connectivity index (χ1n) is 6.04. The molecule has 0 aromatic carbocycles. The molecule has 6 nitrogen and oxygen atoms in total. The number of nitrogens with zero attached hydrogens (tertiary/aromatic N) is 1. The van der Waals surface area contributed by atoms with Crippen LogP contribution in [0.25, 0.3) is 0 Å². The SMILES string of the molecule is CC(C)(C)C1=[N+]=C1C1C(O)OC(CO)C(O)C1O. The molecular formula is C12H20NO5+. The largest absolute Gasteiger partial charge is 0.399 e. The molecule has 18 heavy (non-hydrogen) atoms. The van der Waals surface area contributed by atoms with Crippen LogP contribution in [0.2, 0.25) is 0 Å². The Labute approximate surface area is 105 Å². The highest BCUT2D eigenvalue weighted by atomic mass is 16.6. The lowest BCUT2D eigenvalue weighted by Crippen LogP contribution is -2.57. The topological polar surface area (TPSA) is 104 Å². The number of ether oxygens (including phenoxy) is 1. The summed E-state index contributed by atoms with van der Waals surface area (Å²) < 4.78 is 9.29. The van der Waals surface area contributed by atoms with E-state index >= 15 is 0 Å². The fourth-order valence-corrected chi connectivity index (χ4v) is 2.27. The summed E-state index contributed by atoms with van der Waals surface area (Å²) in [5, 5.41) is 38.6. The monoisotopic (exact) mass is 258 g/mol. The molecular weight excluding hydrogens is 238 g/mol. The van der Waals surface area contributed by atoms with Crippen LogP contribution in [0.3, 0.4) is 0 Å². The van der Waals surface area contributed by atoms with Crippen LogP contribution in [-0.2, 0) is 4.74 Å². The van der Waals surface area contributed by atoms with Gasteiger partial charge in [0.05, 0.1) is 12.0 Å². The molecule has 2 rings (SSSR count). The maximum atomic E-state index is 10.0. The molecule has 0 aromatic rings. The van der Waals surface area contributed by atoms with Gasteiger partial charge in [-0.2, -0.15) is 0 Å². The second-order valence-corrected chi connectivity index (χ2v) is 5.85. The summed E-state index contributed by atoms with van der Waals surface area (Å²) in [6, 6.07) is 0.